The van der Waals surface area contributed by atoms with E-state index in [2.05, 4.69) is 0 Å². The highest BCUT2D eigenvalue weighted by Gasteiger charge is 2.32. The molecule has 2 nitrogen and oxygen atoms in total. The Hall–Kier alpha value is -1.03. The summed E-state index contributed by atoms with van der Waals surface area (Å²) in [7, 11) is 0. The number of aromatic carboxylic acids is 1. The zero-order valence-corrected chi connectivity index (χ0v) is 9.32. The van der Waals surface area contributed by atoms with Crippen molar-refractivity contribution in [3.8, 4) is 0 Å². The summed E-state index contributed by atoms with van der Waals surface area (Å²) in [4.78, 5) is 11.6. The number of fused-ring (bicyclic) bond motifs is 1. The number of benzene rings is 1. The molecule has 15 heavy (non-hydrogen) atoms. The molecule has 80 valence electrons. The van der Waals surface area contributed by atoms with E-state index in [1.807, 2.05) is 13.8 Å². The predicted octanol–water partition coefficient (Wildman–Crippen LogP) is 2.91. The molecule has 1 aliphatic rings. The molecule has 1 aliphatic heterocycles. The Balaban J connectivity index is 2.60. The minimum absolute atomic E-state index is 0.0716. The molecule has 1 aromatic carbocycles. The van der Waals surface area contributed by atoms with Crippen molar-refractivity contribution >= 4 is 17.7 Å². The van der Waals surface area contributed by atoms with E-state index in [0.29, 0.717) is 0 Å². The van der Waals surface area contributed by atoms with E-state index in [1.54, 1.807) is 11.8 Å². The normalized spacial score (nSPS) is 17.5. The van der Waals surface area contributed by atoms with E-state index in [9.17, 15) is 9.18 Å². The highest BCUT2D eigenvalue weighted by atomic mass is 32.2. The Kier molecular flexibility index (Phi) is 2.26. The molecule has 0 unspecified atom stereocenters. The Morgan fingerprint density at radius 1 is 1.53 bits per heavy atom. The molecule has 0 bridgehead atoms. The number of hydrogen-bond acceptors (Lipinski definition) is 2. The van der Waals surface area contributed by atoms with Gasteiger partial charge in [-0.05, 0) is 17.7 Å². The number of carboxylic acid groups (broad SMARTS) is 1. The van der Waals surface area contributed by atoms with Gasteiger partial charge < -0.3 is 5.11 Å². The molecular weight excluding hydrogens is 215 g/mol. The second-order valence-corrected chi connectivity index (χ2v) is 5.32. The van der Waals surface area contributed by atoms with Crippen LogP contribution in [-0.2, 0) is 5.41 Å². The average Bonchev–Trinajstić information content (AvgIpc) is 2.41. The van der Waals surface area contributed by atoms with Crippen LogP contribution in [0.25, 0.3) is 0 Å². The van der Waals surface area contributed by atoms with Crippen molar-refractivity contribution < 1.29 is 14.3 Å². The first-order valence-electron chi connectivity index (χ1n) is 4.62. The molecule has 4 heteroatoms. The summed E-state index contributed by atoms with van der Waals surface area (Å²) in [6.45, 7) is 4.07. The maximum atomic E-state index is 13.4. The van der Waals surface area contributed by atoms with Crippen LogP contribution in [0.5, 0.6) is 0 Å². The van der Waals surface area contributed by atoms with Crippen molar-refractivity contribution in [2.24, 2.45) is 0 Å². The van der Waals surface area contributed by atoms with Gasteiger partial charge in [-0.15, -0.1) is 11.8 Å². The fourth-order valence-corrected chi connectivity index (χ4v) is 3.07. The summed E-state index contributed by atoms with van der Waals surface area (Å²) in [6, 6.07) is 2.80. The molecule has 1 aromatic rings. The van der Waals surface area contributed by atoms with Crippen molar-refractivity contribution in [3.63, 3.8) is 0 Å². The molecule has 0 spiro atoms. The van der Waals surface area contributed by atoms with Gasteiger partial charge in [-0.3, -0.25) is 0 Å². The molecule has 0 radical (unpaired) electrons. The van der Waals surface area contributed by atoms with Crippen LogP contribution in [0.15, 0.2) is 17.0 Å². The van der Waals surface area contributed by atoms with Crippen LogP contribution >= 0.6 is 11.8 Å². The first-order chi connectivity index (χ1) is 6.92. The maximum absolute atomic E-state index is 13.4. The number of hydrogen-bond donors (Lipinski definition) is 1. The first kappa shape index (κ1) is 10.5. The van der Waals surface area contributed by atoms with Crippen LogP contribution in [0, 0.1) is 5.82 Å². The standard InChI is InChI=1S/C11H11FO2S/c1-11(2)5-15-9-3-6(10(13)14)8(12)4-7(9)11/h3-4H,5H2,1-2H3,(H,13,14). The summed E-state index contributed by atoms with van der Waals surface area (Å²) in [5, 5.41) is 8.78. The summed E-state index contributed by atoms with van der Waals surface area (Å²) >= 11 is 1.59. The topological polar surface area (TPSA) is 37.3 Å². The fraction of sp³-hybridized carbons (Fsp3) is 0.364. The number of halogens is 1. The van der Waals surface area contributed by atoms with Crippen LogP contribution < -0.4 is 0 Å². The lowest BCUT2D eigenvalue weighted by Crippen LogP contribution is -2.16. The number of thioether (sulfide) groups is 1. The predicted molar refractivity (Wildman–Crippen MR) is 57.1 cm³/mol. The van der Waals surface area contributed by atoms with Gasteiger partial charge in [0, 0.05) is 16.1 Å². The highest BCUT2D eigenvalue weighted by Crippen LogP contribution is 2.44. The largest absolute Gasteiger partial charge is 0.478 e. The highest BCUT2D eigenvalue weighted by molar-refractivity contribution is 7.99. The van der Waals surface area contributed by atoms with Gasteiger partial charge in [0.05, 0.1) is 5.56 Å². The molecule has 0 fully saturated rings. The summed E-state index contributed by atoms with van der Waals surface area (Å²) < 4.78 is 13.4. The minimum Gasteiger partial charge on any atom is -0.478 e. The maximum Gasteiger partial charge on any atom is 0.338 e. The Morgan fingerprint density at radius 2 is 2.20 bits per heavy atom. The molecule has 0 amide bonds. The Bertz CT molecular complexity index is 440. The van der Waals surface area contributed by atoms with Crippen LogP contribution in [-0.4, -0.2) is 16.8 Å². The van der Waals surface area contributed by atoms with Gasteiger partial charge >= 0.3 is 5.97 Å². The first-order valence-corrected chi connectivity index (χ1v) is 5.60. The zero-order chi connectivity index (χ0) is 11.2. The second kappa shape index (κ2) is 3.23. The fourth-order valence-electron chi connectivity index (χ4n) is 1.70. The minimum atomic E-state index is -1.21. The third-order valence-corrected chi connectivity index (χ3v) is 4.13. The Morgan fingerprint density at radius 3 is 2.80 bits per heavy atom. The lowest BCUT2D eigenvalue weighted by Gasteiger charge is -2.17. The number of rotatable bonds is 1. The molecule has 2 rings (SSSR count). The summed E-state index contributed by atoms with van der Waals surface area (Å²) in [5.41, 5.74) is 0.603. The second-order valence-electron chi connectivity index (χ2n) is 4.31. The van der Waals surface area contributed by atoms with Crippen LogP contribution in [0.1, 0.15) is 29.8 Å². The number of carbonyl (C=O) groups is 1. The zero-order valence-electron chi connectivity index (χ0n) is 8.50. The summed E-state index contributed by atoms with van der Waals surface area (Å²) in [5.74, 6) is -0.984. The van der Waals surface area contributed by atoms with Crippen molar-refractivity contribution in [3.05, 3.63) is 29.1 Å². The molecule has 0 saturated heterocycles. The van der Waals surface area contributed by atoms with Gasteiger partial charge in [0.2, 0.25) is 0 Å². The molecule has 0 saturated carbocycles. The van der Waals surface area contributed by atoms with E-state index in [0.717, 1.165) is 16.2 Å². The van der Waals surface area contributed by atoms with Crippen LogP contribution in [0.4, 0.5) is 4.39 Å². The molecule has 0 aromatic heterocycles. The van der Waals surface area contributed by atoms with Crippen LogP contribution in [0.3, 0.4) is 0 Å². The van der Waals surface area contributed by atoms with Crippen LogP contribution in [0.2, 0.25) is 0 Å². The van der Waals surface area contributed by atoms with E-state index in [4.69, 9.17) is 5.11 Å². The SMILES string of the molecule is CC1(C)CSc2cc(C(=O)O)c(F)cc21. The van der Waals surface area contributed by atoms with E-state index < -0.39 is 11.8 Å². The lowest BCUT2D eigenvalue weighted by atomic mass is 9.86. The van der Waals surface area contributed by atoms with Gasteiger partial charge in [0.1, 0.15) is 5.82 Å². The van der Waals surface area contributed by atoms with Crippen molar-refractivity contribution in [1.29, 1.82) is 0 Å². The lowest BCUT2D eigenvalue weighted by molar-refractivity contribution is 0.0691. The van der Waals surface area contributed by atoms with E-state index in [1.165, 1.54) is 12.1 Å². The molecular formula is C11H11FO2S. The number of carboxylic acids is 1. The van der Waals surface area contributed by atoms with Gasteiger partial charge in [-0.2, -0.15) is 0 Å². The molecule has 0 atom stereocenters. The van der Waals surface area contributed by atoms with Gasteiger partial charge in [-0.25, -0.2) is 9.18 Å². The molecule has 0 aliphatic carbocycles. The molecule has 1 heterocycles. The van der Waals surface area contributed by atoms with E-state index >= 15 is 0 Å². The quantitative estimate of drug-likeness (QED) is 0.800. The summed E-state index contributed by atoms with van der Waals surface area (Å²) in [6.07, 6.45) is 0. The van der Waals surface area contributed by atoms with Gasteiger partial charge in [0.15, 0.2) is 0 Å². The third kappa shape index (κ3) is 1.63. The smallest absolute Gasteiger partial charge is 0.338 e. The van der Waals surface area contributed by atoms with Crippen molar-refractivity contribution in [2.75, 3.05) is 5.75 Å². The molecule has 1 N–H and O–H groups in total. The van der Waals surface area contributed by atoms with Gasteiger partial charge in [0.25, 0.3) is 0 Å². The Labute approximate surface area is 91.5 Å². The van der Waals surface area contributed by atoms with Gasteiger partial charge in [-0.1, -0.05) is 13.8 Å². The third-order valence-electron chi connectivity index (χ3n) is 2.62. The monoisotopic (exact) mass is 226 g/mol. The van der Waals surface area contributed by atoms with E-state index in [-0.39, 0.29) is 11.0 Å². The van der Waals surface area contributed by atoms with Crippen molar-refractivity contribution in [1.82, 2.24) is 0 Å². The average molecular weight is 226 g/mol. The van der Waals surface area contributed by atoms with Crippen molar-refractivity contribution in [2.45, 2.75) is 24.2 Å².